The van der Waals surface area contributed by atoms with Gasteiger partial charge in [0.25, 0.3) is 0 Å². The Hall–Kier alpha value is -5.52. The highest BCUT2D eigenvalue weighted by molar-refractivity contribution is 6.04. The summed E-state index contributed by atoms with van der Waals surface area (Å²) in [7, 11) is 8.56. The van der Waals surface area contributed by atoms with Gasteiger partial charge in [-0.15, -0.1) is 0 Å². The van der Waals surface area contributed by atoms with Crippen LogP contribution in [0.25, 0.3) is 0 Å². The SMILES string of the molecule is COC(=O)c1cc2c(cc1C(=O)OC)C#Cc1cc(OC)c(OC)cc1C#Cc1cc(OC)c(OC)cc1C#C2. The molecule has 0 saturated carbocycles. The second-order valence-corrected chi connectivity index (χ2v) is 8.18. The lowest BCUT2D eigenvalue weighted by atomic mass is 9.96. The molecule has 4 rings (SSSR count). The molecule has 0 saturated heterocycles. The highest BCUT2D eigenvalue weighted by Gasteiger charge is 2.21. The fourth-order valence-corrected chi connectivity index (χ4v) is 3.94. The molecule has 8 nitrogen and oxygen atoms in total. The summed E-state index contributed by atoms with van der Waals surface area (Å²) in [5.41, 5.74) is 2.99. The minimum Gasteiger partial charge on any atom is -0.493 e. The lowest BCUT2D eigenvalue weighted by molar-refractivity contribution is 0.0555. The Labute approximate surface area is 232 Å². The third kappa shape index (κ3) is 5.36. The molecule has 8 heteroatoms. The summed E-state index contributed by atoms with van der Waals surface area (Å²) in [6, 6.07) is 9.81. The third-order valence-electron chi connectivity index (χ3n) is 6.01. The van der Waals surface area contributed by atoms with Gasteiger partial charge in [0.2, 0.25) is 0 Å². The van der Waals surface area contributed by atoms with Gasteiger partial charge < -0.3 is 28.4 Å². The van der Waals surface area contributed by atoms with Crippen LogP contribution in [0.3, 0.4) is 0 Å². The Morgan fingerprint density at radius 2 is 0.650 bits per heavy atom. The van der Waals surface area contributed by atoms with Crippen molar-refractivity contribution in [1.29, 1.82) is 0 Å². The largest absolute Gasteiger partial charge is 0.493 e. The first-order valence-electron chi connectivity index (χ1n) is 11.8. The van der Waals surface area contributed by atoms with Crippen molar-refractivity contribution in [3.8, 4) is 58.5 Å². The van der Waals surface area contributed by atoms with Gasteiger partial charge in [-0.2, -0.15) is 0 Å². The summed E-state index contributed by atoms with van der Waals surface area (Å²) in [5.74, 6) is 19.1. The van der Waals surface area contributed by atoms with Crippen molar-refractivity contribution in [3.05, 3.63) is 80.9 Å². The average Bonchev–Trinajstić information content (AvgIpc) is 2.99. The summed E-state index contributed by atoms with van der Waals surface area (Å²) in [6.45, 7) is 0. The van der Waals surface area contributed by atoms with Crippen molar-refractivity contribution >= 4 is 11.9 Å². The first kappa shape index (κ1) is 27.5. The molecule has 0 bridgehead atoms. The van der Waals surface area contributed by atoms with Gasteiger partial charge in [-0.05, 0) is 12.1 Å². The van der Waals surface area contributed by atoms with Crippen molar-refractivity contribution in [1.82, 2.24) is 0 Å². The zero-order chi connectivity index (χ0) is 28.8. The number of fused-ring (bicyclic) bond motifs is 3. The standard InChI is InChI=1S/C32H24O8/c1-35-27-15-21-9-7-19-13-25(31(33)39-5)26(32(34)40-6)14-20(19)8-10-22-16-28(36-2)30(38-4)18-24(22)12-11-23(21)17-29(27)37-3/h13-18H,1-6H3. The molecule has 0 atom stereocenters. The maximum absolute atomic E-state index is 12.6. The van der Waals surface area contributed by atoms with Gasteiger partial charge in [-0.25, -0.2) is 9.59 Å². The van der Waals surface area contributed by atoms with Gasteiger partial charge >= 0.3 is 11.9 Å². The van der Waals surface area contributed by atoms with E-state index >= 15 is 0 Å². The molecule has 0 unspecified atom stereocenters. The highest BCUT2D eigenvalue weighted by Crippen LogP contribution is 2.32. The first-order chi connectivity index (χ1) is 19.4. The molecular weight excluding hydrogens is 512 g/mol. The Kier molecular flexibility index (Phi) is 8.19. The van der Waals surface area contributed by atoms with Gasteiger partial charge in [-0.1, -0.05) is 35.5 Å². The molecule has 0 N–H and O–H groups in total. The number of hydrogen-bond acceptors (Lipinski definition) is 8. The Balaban J connectivity index is 2.12. The molecule has 3 aromatic carbocycles. The van der Waals surface area contributed by atoms with E-state index < -0.39 is 11.9 Å². The molecule has 0 heterocycles. The van der Waals surface area contributed by atoms with Crippen LogP contribution in [0.1, 0.15) is 54.1 Å². The van der Waals surface area contributed by atoms with Crippen LogP contribution in [0, 0.1) is 35.5 Å². The molecule has 0 fully saturated rings. The maximum atomic E-state index is 12.6. The van der Waals surface area contributed by atoms with Crippen LogP contribution in [0.15, 0.2) is 36.4 Å². The van der Waals surface area contributed by atoms with Gasteiger partial charge in [0.15, 0.2) is 23.0 Å². The van der Waals surface area contributed by atoms with E-state index in [-0.39, 0.29) is 11.1 Å². The average molecular weight is 537 g/mol. The van der Waals surface area contributed by atoms with Crippen LogP contribution >= 0.6 is 0 Å². The minimum absolute atomic E-state index is 0.00423. The Morgan fingerprint density at radius 3 is 0.850 bits per heavy atom. The number of benzene rings is 3. The number of carbonyl (C=O) groups excluding carboxylic acids is 2. The van der Waals surface area contributed by atoms with E-state index in [4.69, 9.17) is 28.4 Å². The predicted molar refractivity (Wildman–Crippen MR) is 146 cm³/mol. The monoisotopic (exact) mass is 536 g/mol. The minimum atomic E-state index is -0.719. The van der Waals surface area contributed by atoms with Gasteiger partial charge in [0.05, 0.1) is 53.8 Å². The first-order valence-corrected chi connectivity index (χ1v) is 11.8. The summed E-state index contributed by atoms with van der Waals surface area (Å²) in [6.07, 6.45) is 0. The zero-order valence-corrected chi connectivity index (χ0v) is 22.7. The second kappa shape index (κ2) is 11.9. The number of carbonyl (C=O) groups is 2. The molecule has 0 radical (unpaired) electrons. The second-order valence-electron chi connectivity index (χ2n) is 8.18. The van der Waals surface area contributed by atoms with E-state index in [1.807, 2.05) is 0 Å². The Bertz CT molecular complexity index is 1590. The topological polar surface area (TPSA) is 89.5 Å². The molecule has 200 valence electrons. The zero-order valence-electron chi connectivity index (χ0n) is 22.7. The lowest BCUT2D eigenvalue weighted by Crippen LogP contribution is -2.13. The quantitative estimate of drug-likeness (QED) is 0.272. The van der Waals surface area contributed by atoms with E-state index in [1.165, 1.54) is 54.8 Å². The molecule has 1 aliphatic carbocycles. The van der Waals surface area contributed by atoms with Crippen molar-refractivity contribution in [2.75, 3.05) is 42.7 Å². The lowest BCUT2D eigenvalue weighted by Gasteiger charge is -2.11. The fraction of sp³-hybridized carbons (Fsp3) is 0.188. The normalized spacial score (nSPS) is 10.4. The molecule has 0 aliphatic heterocycles. The fourth-order valence-electron chi connectivity index (χ4n) is 3.94. The molecule has 40 heavy (non-hydrogen) atoms. The third-order valence-corrected chi connectivity index (χ3v) is 6.01. The summed E-state index contributed by atoms with van der Waals surface area (Å²) in [5, 5.41) is 0. The smallest absolute Gasteiger partial charge is 0.338 e. The molecule has 0 aromatic heterocycles. The van der Waals surface area contributed by atoms with E-state index in [2.05, 4.69) is 35.5 Å². The molecule has 1 aliphatic rings. The van der Waals surface area contributed by atoms with Crippen molar-refractivity contribution in [3.63, 3.8) is 0 Å². The van der Waals surface area contributed by atoms with Gasteiger partial charge in [-0.3, -0.25) is 0 Å². The van der Waals surface area contributed by atoms with Crippen LogP contribution < -0.4 is 18.9 Å². The predicted octanol–water partition coefficient (Wildman–Crippen LogP) is 3.81. The molecular formula is C32H24O8. The van der Waals surface area contributed by atoms with E-state index in [1.54, 1.807) is 24.3 Å². The Morgan fingerprint density at radius 1 is 0.425 bits per heavy atom. The van der Waals surface area contributed by atoms with Crippen molar-refractivity contribution < 1.29 is 38.0 Å². The number of ether oxygens (including phenoxy) is 6. The molecule has 0 amide bonds. The summed E-state index contributed by atoms with van der Waals surface area (Å²) in [4.78, 5) is 25.2. The number of methoxy groups -OCH3 is 6. The van der Waals surface area contributed by atoms with Gasteiger partial charge in [0, 0.05) is 57.6 Å². The summed E-state index contributed by atoms with van der Waals surface area (Å²) >= 11 is 0. The van der Waals surface area contributed by atoms with Crippen molar-refractivity contribution in [2.24, 2.45) is 0 Å². The van der Waals surface area contributed by atoms with E-state index in [0.717, 1.165) is 0 Å². The van der Waals surface area contributed by atoms with Crippen LogP contribution in [0.4, 0.5) is 0 Å². The van der Waals surface area contributed by atoms with Crippen LogP contribution in [-0.2, 0) is 9.47 Å². The molecule has 0 spiro atoms. The highest BCUT2D eigenvalue weighted by atomic mass is 16.5. The van der Waals surface area contributed by atoms with Crippen molar-refractivity contribution in [2.45, 2.75) is 0 Å². The van der Waals surface area contributed by atoms with E-state index in [0.29, 0.717) is 56.4 Å². The van der Waals surface area contributed by atoms with Gasteiger partial charge in [0.1, 0.15) is 0 Å². The maximum Gasteiger partial charge on any atom is 0.338 e. The number of hydrogen-bond donors (Lipinski definition) is 0. The van der Waals surface area contributed by atoms with Crippen LogP contribution in [-0.4, -0.2) is 54.6 Å². The van der Waals surface area contributed by atoms with E-state index in [9.17, 15) is 9.59 Å². The molecule has 3 aromatic rings. The number of esters is 2. The van der Waals surface area contributed by atoms with Crippen LogP contribution in [0.2, 0.25) is 0 Å². The number of rotatable bonds is 6. The van der Waals surface area contributed by atoms with Crippen LogP contribution in [0.5, 0.6) is 23.0 Å². The summed E-state index contributed by atoms with van der Waals surface area (Å²) < 4.78 is 31.7.